The summed E-state index contributed by atoms with van der Waals surface area (Å²) in [5, 5.41) is 4.65. The summed E-state index contributed by atoms with van der Waals surface area (Å²) >= 11 is 1.81. The third-order valence-electron chi connectivity index (χ3n) is 3.57. The lowest BCUT2D eigenvalue weighted by Gasteiger charge is -2.36. The molecule has 3 rings (SSSR count). The minimum absolute atomic E-state index is 0.470. The predicted molar refractivity (Wildman–Crippen MR) is 79.3 cm³/mol. The van der Waals surface area contributed by atoms with Crippen molar-refractivity contribution >= 4 is 11.3 Å². The molecule has 0 bridgehead atoms. The van der Waals surface area contributed by atoms with Gasteiger partial charge in [0.15, 0.2) is 0 Å². The van der Waals surface area contributed by atoms with E-state index in [4.69, 9.17) is 0 Å². The average Bonchev–Trinajstić information content (AvgIpc) is 2.86. The number of benzene rings is 1. The van der Waals surface area contributed by atoms with Gasteiger partial charge in [0, 0.05) is 43.3 Å². The molecule has 19 heavy (non-hydrogen) atoms. The molecule has 2 heterocycles. The Labute approximate surface area is 118 Å². The Morgan fingerprint density at radius 2 is 2.21 bits per heavy atom. The molecule has 1 saturated heterocycles. The lowest BCUT2D eigenvalue weighted by atomic mass is 10.0. The molecular weight excluding hydrogens is 254 g/mol. The first-order valence-electron chi connectivity index (χ1n) is 6.74. The molecule has 0 saturated carbocycles. The molecular formula is C15H19N3S. The minimum atomic E-state index is 0.470. The number of nitrogens with zero attached hydrogens (tertiary/aromatic N) is 2. The van der Waals surface area contributed by atoms with Gasteiger partial charge in [-0.3, -0.25) is 4.90 Å². The number of hydrogen-bond donors (Lipinski definition) is 1. The predicted octanol–water partition coefficient (Wildman–Crippen LogP) is 2.60. The second kappa shape index (κ2) is 5.82. The fourth-order valence-electron chi connectivity index (χ4n) is 2.62. The van der Waals surface area contributed by atoms with Crippen molar-refractivity contribution in [3.63, 3.8) is 0 Å². The first-order valence-corrected chi connectivity index (χ1v) is 7.55. The maximum absolute atomic E-state index is 4.36. The first-order chi connectivity index (χ1) is 9.33. The van der Waals surface area contributed by atoms with Gasteiger partial charge in [0.2, 0.25) is 0 Å². The van der Waals surface area contributed by atoms with Gasteiger partial charge in [-0.05, 0) is 12.5 Å². The van der Waals surface area contributed by atoms with Gasteiger partial charge in [-0.15, -0.1) is 11.3 Å². The molecule has 0 aliphatic carbocycles. The van der Waals surface area contributed by atoms with E-state index in [0.717, 1.165) is 31.2 Å². The van der Waals surface area contributed by atoms with E-state index in [1.54, 1.807) is 11.3 Å². The first kappa shape index (κ1) is 12.8. The summed E-state index contributed by atoms with van der Waals surface area (Å²) in [6.07, 6.45) is 2.02. The van der Waals surface area contributed by atoms with Gasteiger partial charge in [-0.1, -0.05) is 30.3 Å². The van der Waals surface area contributed by atoms with Gasteiger partial charge >= 0.3 is 0 Å². The van der Waals surface area contributed by atoms with Gasteiger partial charge in [0.05, 0.1) is 5.01 Å². The van der Waals surface area contributed by atoms with Crippen LogP contribution in [0, 0.1) is 6.92 Å². The van der Waals surface area contributed by atoms with Crippen LogP contribution in [0.5, 0.6) is 0 Å². The quantitative estimate of drug-likeness (QED) is 0.931. The van der Waals surface area contributed by atoms with Crippen LogP contribution < -0.4 is 5.32 Å². The van der Waals surface area contributed by atoms with Crippen LogP contribution in [0.15, 0.2) is 36.5 Å². The van der Waals surface area contributed by atoms with Crippen molar-refractivity contribution in [2.24, 2.45) is 0 Å². The summed E-state index contributed by atoms with van der Waals surface area (Å²) in [4.78, 5) is 8.27. The minimum Gasteiger partial charge on any atom is -0.314 e. The molecule has 1 aromatic carbocycles. The van der Waals surface area contributed by atoms with Crippen molar-refractivity contribution in [1.29, 1.82) is 0 Å². The van der Waals surface area contributed by atoms with Crippen molar-refractivity contribution in [3.8, 4) is 0 Å². The highest BCUT2D eigenvalue weighted by Gasteiger charge is 2.23. The zero-order chi connectivity index (χ0) is 13.1. The van der Waals surface area contributed by atoms with E-state index in [2.05, 4.69) is 52.5 Å². The van der Waals surface area contributed by atoms with Crippen molar-refractivity contribution in [3.05, 3.63) is 52.0 Å². The van der Waals surface area contributed by atoms with Crippen LogP contribution in [0.1, 0.15) is 21.5 Å². The van der Waals surface area contributed by atoms with Gasteiger partial charge in [-0.25, -0.2) is 4.98 Å². The molecule has 1 aliphatic heterocycles. The Bertz CT molecular complexity index is 523. The van der Waals surface area contributed by atoms with Crippen molar-refractivity contribution in [2.75, 3.05) is 19.6 Å². The summed E-state index contributed by atoms with van der Waals surface area (Å²) in [6.45, 7) is 6.27. The molecule has 1 N–H and O–H groups in total. The smallest absolute Gasteiger partial charge is 0.0897 e. The van der Waals surface area contributed by atoms with Crippen LogP contribution in [-0.4, -0.2) is 29.5 Å². The number of rotatable bonds is 3. The van der Waals surface area contributed by atoms with Crippen molar-refractivity contribution in [2.45, 2.75) is 19.5 Å². The second-order valence-corrected chi connectivity index (χ2v) is 6.27. The molecule has 1 fully saturated rings. The summed E-state index contributed by atoms with van der Waals surface area (Å²) in [6, 6.07) is 11.2. The normalized spacial score (nSPS) is 20.6. The molecule has 2 aromatic rings. The standard InChI is InChI=1S/C15H19N3S/c1-12-17-9-14(19-12)11-18-8-7-16-10-15(18)13-5-3-2-4-6-13/h2-6,9,15-16H,7-8,10-11H2,1H3. The molecule has 0 radical (unpaired) electrons. The zero-order valence-corrected chi connectivity index (χ0v) is 12.0. The highest BCUT2D eigenvalue weighted by atomic mass is 32.1. The van der Waals surface area contributed by atoms with Gasteiger partial charge in [-0.2, -0.15) is 0 Å². The fourth-order valence-corrected chi connectivity index (χ4v) is 3.44. The van der Waals surface area contributed by atoms with E-state index in [1.807, 2.05) is 6.20 Å². The van der Waals surface area contributed by atoms with E-state index < -0.39 is 0 Å². The number of aromatic nitrogens is 1. The molecule has 1 aromatic heterocycles. The molecule has 100 valence electrons. The van der Waals surface area contributed by atoms with Crippen molar-refractivity contribution in [1.82, 2.24) is 15.2 Å². The maximum Gasteiger partial charge on any atom is 0.0897 e. The molecule has 1 unspecified atom stereocenters. The summed E-state index contributed by atoms with van der Waals surface area (Å²) in [7, 11) is 0. The number of hydrogen-bond acceptors (Lipinski definition) is 4. The van der Waals surface area contributed by atoms with E-state index >= 15 is 0 Å². The summed E-state index contributed by atoms with van der Waals surface area (Å²) in [5.74, 6) is 0. The molecule has 0 amide bonds. The Morgan fingerprint density at radius 3 is 2.95 bits per heavy atom. The van der Waals surface area contributed by atoms with Crippen LogP contribution in [0.2, 0.25) is 0 Å². The average molecular weight is 273 g/mol. The number of thiazole rings is 1. The molecule has 1 atom stereocenters. The van der Waals surface area contributed by atoms with Crippen LogP contribution in [0.3, 0.4) is 0 Å². The third kappa shape index (κ3) is 3.03. The number of aryl methyl sites for hydroxylation is 1. The van der Waals surface area contributed by atoms with E-state index in [1.165, 1.54) is 10.4 Å². The van der Waals surface area contributed by atoms with E-state index in [9.17, 15) is 0 Å². The topological polar surface area (TPSA) is 28.2 Å². The Balaban J connectivity index is 1.77. The molecule has 1 aliphatic rings. The SMILES string of the molecule is Cc1ncc(CN2CCNCC2c2ccccc2)s1. The highest BCUT2D eigenvalue weighted by molar-refractivity contribution is 7.11. The largest absolute Gasteiger partial charge is 0.314 e. The molecule has 0 spiro atoms. The van der Waals surface area contributed by atoms with Gasteiger partial charge < -0.3 is 5.32 Å². The van der Waals surface area contributed by atoms with Crippen LogP contribution in [0.4, 0.5) is 0 Å². The Hall–Kier alpha value is -1.23. The summed E-state index contributed by atoms with van der Waals surface area (Å²) in [5.41, 5.74) is 1.40. The Kier molecular flexibility index (Phi) is 3.92. The van der Waals surface area contributed by atoms with Gasteiger partial charge in [0.1, 0.15) is 0 Å². The molecule has 3 nitrogen and oxygen atoms in total. The van der Waals surface area contributed by atoms with Crippen molar-refractivity contribution < 1.29 is 0 Å². The van der Waals surface area contributed by atoms with E-state index in [0.29, 0.717) is 6.04 Å². The fraction of sp³-hybridized carbons (Fsp3) is 0.400. The summed E-state index contributed by atoms with van der Waals surface area (Å²) < 4.78 is 0. The zero-order valence-electron chi connectivity index (χ0n) is 11.2. The van der Waals surface area contributed by atoms with Crippen LogP contribution in [-0.2, 0) is 6.54 Å². The second-order valence-electron chi connectivity index (χ2n) is 4.95. The lowest BCUT2D eigenvalue weighted by molar-refractivity contribution is 0.155. The number of piperazine rings is 1. The van der Waals surface area contributed by atoms with Crippen LogP contribution >= 0.6 is 11.3 Å². The molecule has 4 heteroatoms. The highest BCUT2D eigenvalue weighted by Crippen LogP contribution is 2.25. The lowest BCUT2D eigenvalue weighted by Crippen LogP contribution is -2.45. The monoisotopic (exact) mass is 273 g/mol. The Morgan fingerprint density at radius 1 is 1.37 bits per heavy atom. The maximum atomic E-state index is 4.36. The van der Waals surface area contributed by atoms with Crippen LogP contribution in [0.25, 0.3) is 0 Å². The van der Waals surface area contributed by atoms with Gasteiger partial charge in [0.25, 0.3) is 0 Å². The number of nitrogens with one attached hydrogen (secondary N) is 1. The van der Waals surface area contributed by atoms with E-state index in [-0.39, 0.29) is 0 Å². The third-order valence-corrected chi connectivity index (χ3v) is 4.46.